The minimum atomic E-state index is 0.0415. The van der Waals surface area contributed by atoms with Gasteiger partial charge in [0.2, 0.25) is 11.1 Å². The number of fused-ring (bicyclic) bond motifs is 1. The van der Waals surface area contributed by atoms with Gasteiger partial charge in [-0.1, -0.05) is 17.8 Å². The van der Waals surface area contributed by atoms with E-state index < -0.39 is 0 Å². The number of hydrogen-bond acceptors (Lipinski definition) is 6. The molecule has 8 heteroatoms. The molecule has 0 bridgehead atoms. The monoisotopic (exact) mass is 347 g/mol. The van der Waals surface area contributed by atoms with E-state index in [1.165, 1.54) is 11.8 Å². The second kappa shape index (κ2) is 7.10. The van der Waals surface area contributed by atoms with Crippen LogP contribution in [0.25, 0.3) is 5.78 Å². The maximum absolute atomic E-state index is 11.8. The van der Waals surface area contributed by atoms with Crippen LogP contribution in [-0.2, 0) is 11.3 Å². The van der Waals surface area contributed by atoms with E-state index in [1.807, 2.05) is 37.4 Å². The number of nitrogens with zero attached hydrogens (tertiary/aromatic N) is 4. The van der Waals surface area contributed by atoms with Gasteiger partial charge in [-0.05, 0) is 31.4 Å². The molecule has 3 rings (SSSR count). The molecule has 0 aromatic carbocycles. The molecule has 23 heavy (non-hydrogen) atoms. The number of nitrogens with one attached hydrogen (secondary N) is 1. The van der Waals surface area contributed by atoms with Crippen molar-refractivity contribution in [2.24, 2.45) is 0 Å². The summed E-state index contributed by atoms with van der Waals surface area (Å²) < 4.78 is 1.73. The van der Waals surface area contributed by atoms with E-state index in [2.05, 4.69) is 20.4 Å². The summed E-state index contributed by atoms with van der Waals surface area (Å²) in [6.07, 6.45) is 0.442. The fraction of sp³-hybridized carbons (Fsp3) is 0.333. The van der Waals surface area contributed by atoms with E-state index in [0.717, 1.165) is 16.3 Å². The zero-order chi connectivity index (χ0) is 16.2. The Bertz CT molecular complexity index is 813. The molecule has 0 aliphatic carbocycles. The van der Waals surface area contributed by atoms with Crippen LogP contribution < -0.4 is 5.32 Å². The molecule has 3 aromatic heterocycles. The second-order valence-electron chi connectivity index (χ2n) is 5.10. The third kappa shape index (κ3) is 4.08. The highest BCUT2D eigenvalue weighted by Gasteiger charge is 2.09. The van der Waals surface area contributed by atoms with E-state index >= 15 is 0 Å². The van der Waals surface area contributed by atoms with Crippen LogP contribution in [0.15, 0.2) is 28.7 Å². The molecule has 0 unspecified atom stereocenters. The predicted octanol–water partition coefficient (Wildman–Crippen LogP) is 2.60. The Morgan fingerprint density at radius 2 is 2.26 bits per heavy atom. The highest BCUT2D eigenvalue weighted by atomic mass is 32.2. The van der Waals surface area contributed by atoms with Crippen LogP contribution >= 0.6 is 23.1 Å². The Balaban J connectivity index is 1.50. The molecule has 0 spiro atoms. The lowest BCUT2D eigenvalue weighted by Crippen LogP contribution is -2.22. The van der Waals surface area contributed by atoms with Crippen molar-refractivity contribution >= 4 is 34.8 Å². The van der Waals surface area contributed by atoms with Gasteiger partial charge >= 0.3 is 0 Å². The van der Waals surface area contributed by atoms with Crippen molar-refractivity contribution in [2.45, 2.75) is 32.0 Å². The number of carbonyl (C=O) groups is 1. The lowest BCUT2D eigenvalue weighted by Gasteiger charge is -2.02. The fourth-order valence-corrected chi connectivity index (χ4v) is 3.53. The van der Waals surface area contributed by atoms with E-state index in [4.69, 9.17) is 0 Å². The molecule has 120 valence electrons. The Kier molecular flexibility index (Phi) is 4.92. The van der Waals surface area contributed by atoms with Crippen molar-refractivity contribution in [3.05, 3.63) is 39.8 Å². The number of amides is 1. The van der Waals surface area contributed by atoms with Crippen LogP contribution in [0.5, 0.6) is 0 Å². The molecular formula is C15H17N5OS2. The number of carbonyl (C=O) groups excluding carboxylic acids is 1. The van der Waals surface area contributed by atoms with Crippen LogP contribution in [0.4, 0.5) is 0 Å². The van der Waals surface area contributed by atoms with Crippen molar-refractivity contribution in [2.75, 3.05) is 5.75 Å². The number of thioether (sulfide) groups is 1. The van der Waals surface area contributed by atoms with Gasteiger partial charge in [0, 0.05) is 28.4 Å². The normalized spacial score (nSPS) is 11.0. The van der Waals surface area contributed by atoms with E-state index in [0.29, 0.717) is 29.7 Å². The summed E-state index contributed by atoms with van der Waals surface area (Å²) in [6.45, 7) is 4.51. The Labute approximate surface area is 142 Å². The van der Waals surface area contributed by atoms with Crippen molar-refractivity contribution < 1.29 is 4.79 Å². The summed E-state index contributed by atoms with van der Waals surface area (Å²) in [5.41, 5.74) is 1.92. The largest absolute Gasteiger partial charge is 0.351 e. The first-order chi connectivity index (χ1) is 11.1. The van der Waals surface area contributed by atoms with Gasteiger partial charge in [0.05, 0.1) is 6.54 Å². The van der Waals surface area contributed by atoms with Crippen LogP contribution in [0.3, 0.4) is 0 Å². The Morgan fingerprint density at radius 1 is 1.39 bits per heavy atom. The summed E-state index contributed by atoms with van der Waals surface area (Å²) in [5, 5.41) is 9.98. The molecule has 0 saturated carbocycles. The van der Waals surface area contributed by atoms with Gasteiger partial charge in [-0.25, -0.2) is 9.50 Å². The van der Waals surface area contributed by atoms with Crippen molar-refractivity contribution in [1.82, 2.24) is 24.9 Å². The molecule has 1 N–H and O–H groups in total. The highest BCUT2D eigenvalue weighted by Crippen LogP contribution is 2.16. The number of rotatable bonds is 6. The van der Waals surface area contributed by atoms with Gasteiger partial charge in [-0.2, -0.15) is 4.98 Å². The summed E-state index contributed by atoms with van der Waals surface area (Å²) in [6, 6.07) is 5.96. The van der Waals surface area contributed by atoms with Crippen LogP contribution in [0.1, 0.15) is 22.7 Å². The van der Waals surface area contributed by atoms with Gasteiger partial charge in [0.15, 0.2) is 0 Å². The molecule has 0 atom stereocenters. The lowest BCUT2D eigenvalue weighted by molar-refractivity contribution is -0.120. The fourth-order valence-electron chi connectivity index (χ4n) is 2.13. The second-order valence-corrected chi connectivity index (χ2v) is 7.19. The molecule has 1 amide bonds. The first-order valence-corrected chi connectivity index (χ1v) is 9.11. The minimum Gasteiger partial charge on any atom is -0.351 e. The average Bonchev–Trinajstić information content (AvgIpc) is 3.14. The lowest BCUT2D eigenvalue weighted by atomic mass is 10.4. The van der Waals surface area contributed by atoms with Crippen LogP contribution in [0.2, 0.25) is 0 Å². The summed E-state index contributed by atoms with van der Waals surface area (Å²) >= 11 is 3.11. The molecule has 3 heterocycles. The Hall–Kier alpha value is -1.93. The minimum absolute atomic E-state index is 0.0415. The van der Waals surface area contributed by atoms with Gasteiger partial charge in [0.25, 0.3) is 5.78 Å². The van der Waals surface area contributed by atoms with Gasteiger partial charge in [-0.15, -0.1) is 16.4 Å². The first-order valence-electron chi connectivity index (χ1n) is 7.25. The Morgan fingerprint density at radius 3 is 3.04 bits per heavy atom. The van der Waals surface area contributed by atoms with E-state index in [-0.39, 0.29) is 5.91 Å². The molecule has 0 radical (unpaired) electrons. The average molecular weight is 347 g/mol. The molecule has 3 aromatic rings. The quantitative estimate of drug-likeness (QED) is 0.694. The summed E-state index contributed by atoms with van der Waals surface area (Å²) in [5.74, 6) is 1.29. The SMILES string of the molecule is Cc1cc(C)n2nc(SCCC(=O)NCc3cccs3)nc2n1. The smallest absolute Gasteiger partial charge is 0.253 e. The maximum atomic E-state index is 11.8. The molecule has 0 aliphatic rings. The van der Waals surface area contributed by atoms with Crippen LogP contribution in [0, 0.1) is 13.8 Å². The topological polar surface area (TPSA) is 72.2 Å². The number of thiophene rings is 1. The third-order valence-corrected chi connectivity index (χ3v) is 4.91. The third-order valence-electron chi connectivity index (χ3n) is 3.20. The number of aromatic nitrogens is 4. The zero-order valence-corrected chi connectivity index (χ0v) is 14.6. The molecule has 0 saturated heterocycles. The van der Waals surface area contributed by atoms with Gasteiger partial charge < -0.3 is 5.32 Å². The van der Waals surface area contributed by atoms with E-state index in [1.54, 1.807) is 15.9 Å². The van der Waals surface area contributed by atoms with Crippen molar-refractivity contribution in [1.29, 1.82) is 0 Å². The highest BCUT2D eigenvalue weighted by molar-refractivity contribution is 7.99. The first kappa shape index (κ1) is 15.9. The summed E-state index contributed by atoms with van der Waals surface area (Å²) in [7, 11) is 0. The predicted molar refractivity (Wildman–Crippen MR) is 91.8 cm³/mol. The summed E-state index contributed by atoms with van der Waals surface area (Å²) in [4.78, 5) is 21.7. The van der Waals surface area contributed by atoms with Crippen molar-refractivity contribution in [3.8, 4) is 0 Å². The maximum Gasteiger partial charge on any atom is 0.253 e. The number of aryl methyl sites for hydroxylation is 2. The molecule has 0 fully saturated rings. The molecule has 6 nitrogen and oxygen atoms in total. The standard InChI is InChI=1S/C15H17N5OS2/c1-10-8-11(2)20-14(17-10)18-15(19-20)23-7-5-13(21)16-9-12-4-3-6-22-12/h3-4,6,8H,5,7,9H2,1-2H3,(H,16,21). The zero-order valence-electron chi connectivity index (χ0n) is 12.9. The van der Waals surface area contributed by atoms with E-state index in [9.17, 15) is 4.79 Å². The van der Waals surface area contributed by atoms with Crippen LogP contribution in [-0.4, -0.2) is 31.2 Å². The molecular weight excluding hydrogens is 330 g/mol. The van der Waals surface area contributed by atoms with Gasteiger partial charge in [0.1, 0.15) is 0 Å². The number of hydrogen-bond donors (Lipinski definition) is 1. The van der Waals surface area contributed by atoms with Gasteiger partial charge in [-0.3, -0.25) is 4.79 Å². The van der Waals surface area contributed by atoms with Crippen molar-refractivity contribution in [3.63, 3.8) is 0 Å². The molecule has 0 aliphatic heterocycles.